The fourth-order valence-electron chi connectivity index (χ4n) is 2.27. The molecule has 0 aliphatic carbocycles. The highest BCUT2D eigenvalue weighted by Gasteiger charge is 2.28. The molecule has 2 heterocycles. The summed E-state index contributed by atoms with van der Waals surface area (Å²) in [5, 5.41) is 0.723. The van der Waals surface area contributed by atoms with E-state index in [1.807, 2.05) is 7.05 Å². The molecule has 1 aliphatic rings. The van der Waals surface area contributed by atoms with Crippen LogP contribution in [0.25, 0.3) is 0 Å². The summed E-state index contributed by atoms with van der Waals surface area (Å²) in [6.45, 7) is 5.10. The molecule has 1 aromatic heterocycles. The maximum absolute atomic E-state index is 12.4. The molecule has 1 aliphatic heterocycles. The summed E-state index contributed by atoms with van der Waals surface area (Å²) in [4.78, 5) is 30.5. The van der Waals surface area contributed by atoms with Crippen LogP contribution >= 0.6 is 11.8 Å². The predicted molar refractivity (Wildman–Crippen MR) is 80.0 cm³/mol. The number of carbonyl (C=O) groups excluding carboxylic acids is 1. The van der Waals surface area contributed by atoms with Gasteiger partial charge in [0.25, 0.3) is 5.56 Å². The van der Waals surface area contributed by atoms with Gasteiger partial charge in [0, 0.05) is 37.7 Å². The van der Waals surface area contributed by atoms with Crippen molar-refractivity contribution in [2.75, 3.05) is 19.3 Å². The van der Waals surface area contributed by atoms with Crippen LogP contribution in [0.1, 0.15) is 25.3 Å². The van der Waals surface area contributed by atoms with Crippen LogP contribution < -0.4 is 5.56 Å². The molecular weight excluding hydrogens is 274 g/mol. The quantitative estimate of drug-likeness (QED) is 0.791. The van der Waals surface area contributed by atoms with Gasteiger partial charge in [0.2, 0.25) is 5.91 Å². The molecule has 6 heteroatoms. The Balaban J connectivity index is 2.12. The zero-order chi connectivity index (χ0) is 14.7. The predicted octanol–water partition coefficient (Wildman–Crippen LogP) is 1.53. The Labute approximate surface area is 123 Å². The van der Waals surface area contributed by atoms with E-state index in [0.29, 0.717) is 17.9 Å². The molecule has 0 N–H and O–H groups in total. The number of aromatic nitrogens is 2. The molecule has 1 aromatic rings. The van der Waals surface area contributed by atoms with Crippen molar-refractivity contribution in [1.29, 1.82) is 0 Å². The molecule has 0 spiro atoms. The number of hydrogen-bond donors (Lipinski definition) is 0. The molecule has 1 amide bonds. The number of unbranched alkanes of at least 4 members (excludes halogenated alkanes) is 1. The van der Waals surface area contributed by atoms with E-state index in [4.69, 9.17) is 0 Å². The van der Waals surface area contributed by atoms with Crippen LogP contribution in [0.4, 0.5) is 0 Å². The average molecular weight is 295 g/mol. The Morgan fingerprint density at radius 2 is 2.35 bits per heavy atom. The first kappa shape index (κ1) is 15.1. The van der Waals surface area contributed by atoms with Gasteiger partial charge in [-0.3, -0.25) is 14.2 Å². The minimum atomic E-state index is -0.129. The highest BCUT2D eigenvalue weighted by atomic mass is 32.2. The van der Waals surface area contributed by atoms with Crippen molar-refractivity contribution in [3.05, 3.63) is 22.1 Å². The van der Waals surface area contributed by atoms with Crippen molar-refractivity contribution in [2.24, 2.45) is 5.92 Å². The Morgan fingerprint density at radius 1 is 1.60 bits per heavy atom. The van der Waals surface area contributed by atoms with Crippen molar-refractivity contribution < 1.29 is 4.79 Å². The lowest BCUT2D eigenvalue weighted by Gasteiger charge is -2.28. The second-order valence-corrected chi connectivity index (χ2v) is 6.25. The first-order valence-corrected chi connectivity index (χ1v) is 7.97. The first-order chi connectivity index (χ1) is 9.54. The molecule has 0 saturated carbocycles. The Hall–Kier alpha value is -1.30. The number of nitrogens with zero attached hydrogens (tertiary/aromatic N) is 3. The average Bonchev–Trinajstić information content (AvgIpc) is 2.47. The number of amides is 1. The standard InChI is InChI=1S/C14H21N3O2S/c1-4-5-6-16(3)13(19)11-8-17-12(18)10(2)7-15-14(17)20-9-11/h7,11H,4-6,8-9H2,1-3H3. The van der Waals surface area contributed by atoms with Gasteiger partial charge in [-0.25, -0.2) is 4.98 Å². The lowest BCUT2D eigenvalue weighted by molar-refractivity contribution is -0.134. The van der Waals surface area contributed by atoms with Gasteiger partial charge in [-0.15, -0.1) is 0 Å². The normalized spacial score (nSPS) is 17.6. The summed E-state index contributed by atoms with van der Waals surface area (Å²) >= 11 is 1.49. The van der Waals surface area contributed by atoms with Crippen molar-refractivity contribution in [3.63, 3.8) is 0 Å². The molecular formula is C14H21N3O2S. The van der Waals surface area contributed by atoms with E-state index in [1.165, 1.54) is 11.8 Å². The molecule has 0 fully saturated rings. The summed E-state index contributed by atoms with van der Waals surface area (Å²) in [5.41, 5.74) is 0.595. The monoisotopic (exact) mass is 295 g/mol. The lowest BCUT2D eigenvalue weighted by atomic mass is 10.1. The lowest BCUT2D eigenvalue weighted by Crippen LogP contribution is -2.41. The van der Waals surface area contributed by atoms with Gasteiger partial charge in [0.1, 0.15) is 0 Å². The summed E-state index contributed by atoms with van der Waals surface area (Å²) in [7, 11) is 1.84. The third kappa shape index (κ3) is 3.06. The van der Waals surface area contributed by atoms with Gasteiger partial charge in [-0.2, -0.15) is 0 Å². The van der Waals surface area contributed by atoms with Gasteiger partial charge in [0.05, 0.1) is 5.92 Å². The Morgan fingerprint density at radius 3 is 3.05 bits per heavy atom. The summed E-state index contributed by atoms with van der Waals surface area (Å²) in [6.07, 6.45) is 3.69. The summed E-state index contributed by atoms with van der Waals surface area (Å²) in [5.74, 6) is 0.700. The van der Waals surface area contributed by atoms with E-state index in [9.17, 15) is 9.59 Å². The van der Waals surface area contributed by atoms with E-state index in [0.717, 1.165) is 24.5 Å². The molecule has 110 valence electrons. The highest BCUT2D eigenvalue weighted by Crippen LogP contribution is 2.25. The molecule has 1 atom stereocenters. The smallest absolute Gasteiger partial charge is 0.257 e. The zero-order valence-electron chi connectivity index (χ0n) is 12.3. The summed E-state index contributed by atoms with van der Waals surface area (Å²) < 4.78 is 1.64. The molecule has 1 unspecified atom stereocenters. The molecule has 0 saturated heterocycles. The van der Waals surface area contributed by atoms with Crippen LogP contribution in [0.2, 0.25) is 0 Å². The maximum Gasteiger partial charge on any atom is 0.257 e. The van der Waals surface area contributed by atoms with Gasteiger partial charge in [-0.1, -0.05) is 25.1 Å². The van der Waals surface area contributed by atoms with Crippen LogP contribution in [-0.2, 0) is 11.3 Å². The molecule has 5 nitrogen and oxygen atoms in total. The maximum atomic E-state index is 12.4. The van der Waals surface area contributed by atoms with Crippen molar-refractivity contribution >= 4 is 17.7 Å². The first-order valence-electron chi connectivity index (χ1n) is 6.98. The Kier molecular flexibility index (Phi) is 4.86. The van der Waals surface area contributed by atoms with Crippen LogP contribution in [0.5, 0.6) is 0 Å². The van der Waals surface area contributed by atoms with E-state index in [1.54, 1.807) is 22.6 Å². The largest absolute Gasteiger partial charge is 0.345 e. The number of rotatable bonds is 4. The zero-order valence-corrected chi connectivity index (χ0v) is 13.1. The van der Waals surface area contributed by atoms with Crippen molar-refractivity contribution in [1.82, 2.24) is 14.5 Å². The van der Waals surface area contributed by atoms with E-state index in [2.05, 4.69) is 11.9 Å². The van der Waals surface area contributed by atoms with E-state index >= 15 is 0 Å². The van der Waals surface area contributed by atoms with Gasteiger partial charge in [0.15, 0.2) is 5.16 Å². The van der Waals surface area contributed by atoms with Crippen molar-refractivity contribution in [2.45, 2.75) is 38.4 Å². The van der Waals surface area contributed by atoms with Gasteiger partial charge < -0.3 is 4.90 Å². The number of thioether (sulfide) groups is 1. The third-order valence-electron chi connectivity index (χ3n) is 3.57. The number of aryl methyl sites for hydroxylation is 1. The number of carbonyl (C=O) groups is 1. The van der Waals surface area contributed by atoms with E-state index in [-0.39, 0.29) is 17.4 Å². The van der Waals surface area contributed by atoms with Crippen LogP contribution in [-0.4, -0.2) is 39.7 Å². The minimum Gasteiger partial charge on any atom is -0.345 e. The molecule has 0 bridgehead atoms. The second-order valence-electron chi connectivity index (χ2n) is 5.26. The van der Waals surface area contributed by atoms with Crippen LogP contribution in [0.15, 0.2) is 16.1 Å². The number of fused-ring (bicyclic) bond motifs is 1. The molecule has 20 heavy (non-hydrogen) atoms. The Bertz CT molecular complexity index is 556. The minimum absolute atomic E-state index is 0.0313. The van der Waals surface area contributed by atoms with Gasteiger partial charge in [-0.05, 0) is 13.3 Å². The SMILES string of the molecule is CCCCN(C)C(=O)C1CSc2ncc(C)c(=O)n2C1. The fourth-order valence-corrected chi connectivity index (χ4v) is 3.31. The number of hydrogen-bond acceptors (Lipinski definition) is 4. The molecule has 0 aromatic carbocycles. The van der Waals surface area contributed by atoms with Crippen LogP contribution in [0, 0.1) is 12.8 Å². The molecule has 2 rings (SSSR count). The van der Waals surface area contributed by atoms with Gasteiger partial charge >= 0.3 is 0 Å². The molecule has 0 radical (unpaired) electrons. The second kappa shape index (κ2) is 6.43. The highest BCUT2D eigenvalue weighted by molar-refractivity contribution is 7.99. The van der Waals surface area contributed by atoms with Crippen molar-refractivity contribution in [3.8, 4) is 0 Å². The third-order valence-corrected chi connectivity index (χ3v) is 4.72. The van der Waals surface area contributed by atoms with Crippen LogP contribution in [0.3, 0.4) is 0 Å². The topological polar surface area (TPSA) is 55.2 Å². The summed E-state index contributed by atoms with van der Waals surface area (Å²) in [6, 6.07) is 0. The van der Waals surface area contributed by atoms with E-state index < -0.39 is 0 Å². The fraction of sp³-hybridized carbons (Fsp3) is 0.643.